The number of piperidine rings is 1. The fourth-order valence-corrected chi connectivity index (χ4v) is 2.60. The highest BCUT2D eigenvalue weighted by atomic mass is 16.6. The number of aliphatic hydroxyl groups is 1. The Morgan fingerprint density at radius 3 is 2.86 bits per heavy atom. The monoisotopic (exact) mass is 295 g/mol. The SMILES string of the molecule is CCCn1cc([N+](=O)[O-])cc1C(=O)N1CCC(C)C(O)C1. The average molecular weight is 295 g/mol. The van der Waals surface area contributed by atoms with Crippen molar-refractivity contribution in [3.05, 3.63) is 28.1 Å². The summed E-state index contributed by atoms with van der Waals surface area (Å²) in [6, 6.07) is 1.32. The van der Waals surface area contributed by atoms with Crippen LogP contribution < -0.4 is 0 Å². The lowest BCUT2D eigenvalue weighted by Gasteiger charge is -2.34. The zero-order chi connectivity index (χ0) is 15.6. The van der Waals surface area contributed by atoms with Gasteiger partial charge in [-0.25, -0.2) is 0 Å². The summed E-state index contributed by atoms with van der Waals surface area (Å²) >= 11 is 0. The highest BCUT2D eigenvalue weighted by Crippen LogP contribution is 2.22. The Kier molecular flexibility index (Phi) is 4.62. The summed E-state index contributed by atoms with van der Waals surface area (Å²) in [5.74, 6) is -0.0756. The molecule has 2 rings (SSSR count). The van der Waals surface area contributed by atoms with Gasteiger partial charge >= 0.3 is 0 Å². The maximum Gasteiger partial charge on any atom is 0.287 e. The predicted octanol–water partition coefficient (Wildman–Crippen LogP) is 1.65. The van der Waals surface area contributed by atoms with Crippen molar-refractivity contribution < 1.29 is 14.8 Å². The van der Waals surface area contributed by atoms with Gasteiger partial charge in [0.05, 0.1) is 17.2 Å². The molecule has 1 N–H and O–H groups in total. The Bertz CT molecular complexity index is 540. The fourth-order valence-electron chi connectivity index (χ4n) is 2.60. The van der Waals surface area contributed by atoms with Crippen LogP contribution in [0.3, 0.4) is 0 Å². The molecule has 0 bridgehead atoms. The molecule has 1 saturated heterocycles. The molecule has 7 nitrogen and oxygen atoms in total. The number of rotatable bonds is 4. The third kappa shape index (κ3) is 3.24. The minimum absolute atomic E-state index is 0.0716. The maximum atomic E-state index is 12.6. The number of carbonyl (C=O) groups excluding carboxylic acids is 1. The van der Waals surface area contributed by atoms with Crippen molar-refractivity contribution in [3.8, 4) is 0 Å². The van der Waals surface area contributed by atoms with Gasteiger partial charge in [0.1, 0.15) is 5.69 Å². The van der Waals surface area contributed by atoms with Crippen LogP contribution in [0, 0.1) is 16.0 Å². The van der Waals surface area contributed by atoms with Crippen molar-refractivity contribution in [3.63, 3.8) is 0 Å². The number of likely N-dealkylation sites (tertiary alicyclic amines) is 1. The zero-order valence-corrected chi connectivity index (χ0v) is 12.4. The normalized spacial score (nSPS) is 22.3. The summed E-state index contributed by atoms with van der Waals surface area (Å²) in [6.07, 6.45) is 2.39. The summed E-state index contributed by atoms with van der Waals surface area (Å²) in [7, 11) is 0. The lowest BCUT2D eigenvalue weighted by atomic mass is 9.96. The number of aliphatic hydroxyl groups excluding tert-OH is 1. The Balaban J connectivity index is 2.23. The number of aryl methyl sites for hydroxylation is 1. The molecule has 2 atom stereocenters. The van der Waals surface area contributed by atoms with Crippen molar-refractivity contribution in [2.45, 2.75) is 39.3 Å². The molecule has 2 unspecified atom stereocenters. The maximum absolute atomic E-state index is 12.6. The third-order valence-electron chi connectivity index (χ3n) is 3.98. The van der Waals surface area contributed by atoms with Crippen molar-refractivity contribution in [2.24, 2.45) is 5.92 Å². The van der Waals surface area contributed by atoms with Gasteiger partial charge in [-0.05, 0) is 18.8 Å². The summed E-state index contributed by atoms with van der Waals surface area (Å²) in [5, 5.41) is 20.8. The van der Waals surface area contributed by atoms with E-state index >= 15 is 0 Å². The van der Waals surface area contributed by atoms with E-state index in [9.17, 15) is 20.0 Å². The first-order valence-electron chi connectivity index (χ1n) is 7.26. The summed E-state index contributed by atoms with van der Waals surface area (Å²) in [4.78, 5) is 24.5. The van der Waals surface area contributed by atoms with E-state index in [1.165, 1.54) is 12.3 Å². The van der Waals surface area contributed by atoms with E-state index in [0.717, 1.165) is 12.8 Å². The second-order valence-electron chi connectivity index (χ2n) is 5.62. The van der Waals surface area contributed by atoms with Gasteiger partial charge in [0, 0.05) is 25.7 Å². The van der Waals surface area contributed by atoms with Gasteiger partial charge in [-0.1, -0.05) is 13.8 Å². The van der Waals surface area contributed by atoms with E-state index in [2.05, 4.69) is 0 Å². The van der Waals surface area contributed by atoms with Crippen LogP contribution in [0.2, 0.25) is 0 Å². The number of hydrogen-bond donors (Lipinski definition) is 1. The number of amides is 1. The van der Waals surface area contributed by atoms with Crippen LogP contribution in [-0.4, -0.2) is 44.6 Å². The molecule has 1 aliphatic heterocycles. The first-order valence-corrected chi connectivity index (χ1v) is 7.26. The summed E-state index contributed by atoms with van der Waals surface area (Å²) in [6.45, 7) is 5.32. The lowest BCUT2D eigenvalue weighted by Crippen LogP contribution is -2.46. The van der Waals surface area contributed by atoms with Crippen molar-refractivity contribution in [1.82, 2.24) is 9.47 Å². The number of carbonyl (C=O) groups is 1. The van der Waals surface area contributed by atoms with Crippen LogP contribution in [0.1, 0.15) is 37.2 Å². The van der Waals surface area contributed by atoms with Crippen molar-refractivity contribution >= 4 is 11.6 Å². The highest BCUT2D eigenvalue weighted by Gasteiger charge is 2.30. The van der Waals surface area contributed by atoms with Gasteiger partial charge in [-0.2, -0.15) is 0 Å². The van der Waals surface area contributed by atoms with Crippen LogP contribution in [0.4, 0.5) is 5.69 Å². The Labute approximate surface area is 123 Å². The number of β-amino-alcohol motifs (C(OH)–C–C–N with tert-alkyl or cyclic N) is 1. The first-order chi connectivity index (χ1) is 9.93. The summed E-state index contributed by atoms with van der Waals surface area (Å²) in [5.41, 5.74) is 0.253. The van der Waals surface area contributed by atoms with Gasteiger partial charge in [0.15, 0.2) is 0 Å². The van der Waals surface area contributed by atoms with Crippen molar-refractivity contribution in [1.29, 1.82) is 0 Å². The zero-order valence-electron chi connectivity index (χ0n) is 12.4. The third-order valence-corrected chi connectivity index (χ3v) is 3.98. The first kappa shape index (κ1) is 15.5. The number of hydrogen-bond acceptors (Lipinski definition) is 4. The lowest BCUT2D eigenvalue weighted by molar-refractivity contribution is -0.384. The van der Waals surface area contributed by atoms with Crippen LogP contribution in [0.15, 0.2) is 12.3 Å². The molecule has 7 heteroatoms. The Morgan fingerprint density at radius 1 is 1.57 bits per heavy atom. The van der Waals surface area contributed by atoms with Crippen LogP contribution in [-0.2, 0) is 6.54 Å². The van der Waals surface area contributed by atoms with E-state index < -0.39 is 11.0 Å². The minimum atomic E-state index is -0.535. The molecule has 0 saturated carbocycles. The quantitative estimate of drug-likeness (QED) is 0.675. The van der Waals surface area contributed by atoms with E-state index in [1.54, 1.807) is 9.47 Å². The van der Waals surface area contributed by atoms with Gasteiger partial charge in [0.2, 0.25) is 0 Å². The second kappa shape index (κ2) is 6.26. The van der Waals surface area contributed by atoms with Gasteiger partial charge in [-0.3, -0.25) is 14.9 Å². The van der Waals surface area contributed by atoms with Crippen LogP contribution in [0.5, 0.6) is 0 Å². The standard InChI is InChI=1S/C14H21N3O4/c1-3-5-15-8-11(17(20)21)7-12(15)14(19)16-6-4-10(2)13(18)9-16/h7-8,10,13,18H,3-6,9H2,1-2H3. The van der Waals surface area contributed by atoms with E-state index in [0.29, 0.717) is 18.8 Å². The van der Waals surface area contributed by atoms with E-state index in [1.807, 2.05) is 13.8 Å². The summed E-state index contributed by atoms with van der Waals surface area (Å²) < 4.78 is 1.63. The van der Waals surface area contributed by atoms with Crippen LogP contribution >= 0.6 is 0 Å². The molecule has 21 heavy (non-hydrogen) atoms. The number of nitrogens with zero attached hydrogens (tertiary/aromatic N) is 3. The Morgan fingerprint density at radius 2 is 2.29 bits per heavy atom. The average Bonchev–Trinajstić information content (AvgIpc) is 2.86. The number of nitro groups is 1. The molecule has 1 aromatic heterocycles. The fraction of sp³-hybridized carbons (Fsp3) is 0.643. The minimum Gasteiger partial charge on any atom is -0.391 e. The van der Waals surface area contributed by atoms with Crippen molar-refractivity contribution in [2.75, 3.05) is 13.1 Å². The van der Waals surface area contributed by atoms with E-state index in [4.69, 9.17) is 0 Å². The molecular formula is C14H21N3O4. The van der Waals surface area contributed by atoms with Crippen LogP contribution in [0.25, 0.3) is 0 Å². The smallest absolute Gasteiger partial charge is 0.287 e. The molecule has 0 spiro atoms. The van der Waals surface area contributed by atoms with Gasteiger partial charge in [-0.15, -0.1) is 0 Å². The largest absolute Gasteiger partial charge is 0.391 e. The molecule has 1 aromatic rings. The van der Waals surface area contributed by atoms with Gasteiger partial charge < -0.3 is 14.6 Å². The molecule has 1 amide bonds. The van der Waals surface area contributed by atoms with E-state index in [-0.39, 0.29) is 24.1 Å². The molecular weight excluding hydrogens is 274 g/mol. The number of aromatic nitrogens is 1. The molecule has 0 aromatic carbocycles. The molecule has 1 aliphatic rings. The highest BCUT2D eigenvalue weighted by molar-refractivity contribution is 5.93. The van der Waals surface area contributed by atoms with Gasteiger partial charge in [0.25, 0.3) is 11.6 Å². The second-order valence-corrected chi connectivity index (χ2v) is 5.62. The molecule has 2 heterocycles. The predicted molar refractivity (Wildman–Crippen MR) is 77.1 cm³/mol. The molecule has 116 valence electrons. The molecule has 1 fully saturated rings. The topological polar surface area (TPSA) is 88.6 Å². The Hall–Kier alpha value is -1.89. The molecule has 0 radical (unpaired) electrons. The molecule has 0 aliphatic carbocycles.